The number of unbranched alkanes of at least 4 members (excludes halogenated alkanes) is 1. The summed E-state index contributed by atoms with van der Waals surface area (Å²) in [6.07, 6.45) is 1.64. The second-order valence-corrected chi connectivity index (χ2v) is 13.3. The first kappa shape index (κ1) is 36.3. The number of aromatic nitrogens is 2. The normalized spacial score (nSPS) is 17.3. The summed E-state index contributed by atoms with van der Waals surface area (Å²) in [7, 11) is -3.53. The van der Waals surface area contributed by atoms with E-state index in [1.54, 1.807) is 23.6 Å². The zero-order valence-corrected chi connectivity index (χ0v) is 28.3. The first-order valence-corrected chi connectivity index (χ1v) is 18.1. The predicted molar refractivity (Wildman–Crippen MR) is 173 cm³/mol. The number of carbonyl (C=O) groups excluding carboxylic acids is 3. The van der Waals surface area contributed by atoms with Crippen LogP contribution >= 0.6 is 7.60 Å². The summed E-state index contributed by atoms with van der Waals surface area (Å²) in [6.45, 7) is 8.14. The van der Waals surface area contributed by atoms with Gasteiger partial charge in [0.15, 0.2) is 5.82 Å². The molecule has 47 heavy (non-hydrogen) atoms. The van der Waals surface area contributed by atoms with Crippen molar-refractivity contribution in [3.05, 3.63) is 42.1 Å². The highest BCUT2D eigenvalue weighted by molar-refractivity contribution is 7.53. The first-order valence-electron chi connectivity index (χ1n) is 16.3. The first-order chi connectivity index (χ1) is 22.7. The molecule has 2 unspecified atom stereocenters. The molecular formula is C32H46N5O9P. The average molecular weight is 676 g/mol. The standard InChI is InChI=1S/C32H46N5O9P/c1-4-7-19-43-32(40)37-17-15-36(16-18-37)31(39)26(14-21-47(41,44-5-2)45-6-3)34-30(38)27-22-28(46-25-13-20-42-23-25)35-29(33-27)24-11-9-8-10-12-24/h8-12,22,25-26H,4-7,13-21,23H2,1-3H3,(H,34,38). The van der Waals surface area contributed by atoms with Gasteiger partial charge in [-0.25, -0.2) is 9.78 Å². The van der Waals surface area contributed by atoms with E-state index in [0.29, 0.717) is 31.8 Å². The molecule has 3 amide bonds. The Labute approximate surface area is 276 Å². The molecule has 2 aliphatic heterocycles. The van der Waals surface area contributed by atoms with Crippen LogP contribution < -0.4 is 10.1 Å². The quantitative estimate of drug-likeness (QED) is 0.201. The summed E-state index contributed by atoms with van der Waals surface area (Å²) in [4.78, 5) is 52.3. The molecule has 258 valence electrons. The van der Waals surface area contributed by atoms with Gasteiger partial charge in [0.2, 0.25) is 11.8 Å². The van der Waals surface area contributed by atoms with Crippen molar-refractivity contribution >= 4 is 25.5 Å². The van der Waals surface area contributed by atoms with E-state index >= 15 is 0 Å². The van der Waals surface area contributed by atoms with Gasteiger partial charge in [0.05, 0.1) is 39.2 Å². The van der Waals surface area contributed by atoms with E-state index < -0.39 is 25.6 Å². The van der Waals surface area contributed by atoms with Gasteiger partial charge in [-0.3, -0.25) is 14.2 Å². The fourth-order valence-electron chi connectivity index (χ4n) is 5.16. The minimum Gasteiger partial charge on any atom is -0.472 e. The molecule has 0 radical (unpaired) electrons. The number of nitrogens with one attached hydrogen (secondary N) is 1. The molecule has 15 heteroatoms. The number of nitrogens with zero attached hydrogens (tertiary/aromatic N) is 4. The Morgan fingerprint density at radius 1 is 1.02 bits per heavy atom. The van der Waals surface area contributed by atoms with Crippen molar-refractivity contribution in [1.29, 1.82) is 0 Å². The Hall–Kier alpha value is -3.58. The number of ether oxygens (including phenoxy) is 3. The van der Waals surface area contributed by atoms with Crippen molar-refractivity contribution in [3.8, 4) is 17.3 Å². The molecule has 2 fully saturated rings. The van der Waals surface area contributed by atoms with E-state index in [2.05, 4.69) is 15.3 Å². The summed E-state index contributed by atoms with van der Waals surface area (Å²) in [5.74, 6) is -0.513. The van der Waals surface area contributed by atoms with Gasteiger partial charge in [0, 0.05) is 44.2 Å². The van der Waals surface area contributed by atoms with Crippen LogP contribution in [0.3, 0.4) is 0 Å². The van der Waals surface area contributed by atoms with Crippen LogP contribution in [0.2, 0.25) is 0 Å². The van der Waals surface area contributed by atoms with Crippen LogP contribution in [0.25, 0.3) is 11.4 Å². The predicted octanol–water partition coefficient (Wildman–Crippen LogP) is 4.15. The van der Waals surface area contributed by atoms with Crippen LogP contribution in [-0.4, -0.2) is 115 Å². The number of hydrogen-bond donors (Lipinski definition) is 1. The number of amides is 3. The smallest absolute Gasteiger partial charge is 0.409 e. The van der Waals surface area contributed by atoms with Crippen LogP contribution in [0.5, 0.6) is 5.88 Å². The van der Waals surface area contributed by atoms with E-state index in [1.165, 1.54) is 6.07 Å². The van der Waals surface area contributed by atoms with Crippen molar-refractivity contribution in [1.82, 2.24) is 25.1 Å². The molecule has 0 saturated carbocycles. The molecule has 2 atom stereocenters. The number of hydrogen-bond acceptors (Lipinski definition) is 11. The van der Waals surface area contributed by atoms with Gasteiger partial charge in [-0.05, 0) is 26.7 Å². The number of benzene rings is 1. The molecule has 2 aliphatic rings. The fraction of sp³-hybridized carbons (Fsp3) is 0.594. The molecule has 14 nitrogen and oxygen atoms in total. The number of carbonyl (C=O) groups is 3. The van der Waals surface area contributed by atoms with Gasteiger partial charge in [0.25, 0.3) is 5.91 Å². The molecule has 1 aromatic carbocycles. The fourth-order valence-corrected chi connectivity index (χ4v) is 6.85. The third-order valence-corrected chi connectivity index (χ3v) is 9.77. The minimum atomic E-state index is -3.53. The Morgan fingerprint density at radius 2 is 1.72 bits per heavy atom. The van der Waals surface area contributed by atoms with Gasteiger partial charge in [-0.2, -0.15) is 4.98 Å². The van der Waals surface area contributed by atoms with Crippen molar-refractivity contribution in [3.63, 3.8) is 0 Å². The van der Waals surface area contributed by atoms with Crippen molar-refractivity contribution in [2.75, 3.05) is 65.4 Å². The SMILES string of the molecule is CCCCOC(=O)N1CCN(C(=O)C(CCP(=O)(OCC)OCC)NC(=O)c2cc(OC3CCOC3)nc(-c3ccccc3)n2)CC1. The minimum absolute atomic E-state index is 0.00279. The lowest BCUT2D eigenvalue weighted by Crippen LogP contribution is -2.56. The van der Waals surface area contributed by atoms with Gasteiger partial charge in [-0.1, -0.05) is 43.7 Å². The van der Waals surface area contributed by atoms with Crippen LogP contribution in [0.15, 0.2) is 36.4 Å². The van der Waals surface area contributed by atoms with Crippen LogP contribution in [0.1, 0.15) is 56.9 Å². The van der Waals surface area contributed by atoms with E-state index in [1.807, 2.05) is 37.3 Å². The van der Waals surface area contributed by atoms with E-state index in [-0.39, 0.29) is 81.4 Å². The maximum absolute atomic E-state index is 13.9. The van der Waals surface area contributed by atoms with Gasteiger partial charge < -0.3 is 38.4 Å². The molecule has 1 aromatic heterocycles. The third kappa shape index (κ3) is 10.7. The second-order valence-electron chi connectivity index (χ2n) is 11.1. The zero-order chi connectivity index (χ0) is 33.6. The molecule has 0 bridgehead atoms. The van der Waals surface area contributed by atoms with Crippen LogP contribution in [-0.2, 0) is 27.9 Å². The lowest BCUT2D eigenvalue weighted by atomic mass is 10.1. The lowest BCUT2D eigenvalue weighted by molar-refractivity contribution is -0.134. The summed E-state index contributed by atoms with van der Waals surface area (Å²) in [6, 6.07) is 9.55. The largest absolute Gasteiger partial charge is 0.472 e. The Balaban J connectivity index is 1.54. The Morgan fingerprint density at radius 3 is 2.36 bits per heavy atom. The van der Waals surface area contributed by atoms with E-state index in [9.17, 15) is 18.9 Å². The number of rotatable bonds is 16. The molecular weight excluding hydrogens is 629 g/mol. The third-order valence-electron chi connectivity index (χ3n) is 7.66. The van der Waals surface area contributed by atoms with Crippen LogP contribution in [0, 0.1) is 0 Å². The molecule has 2 saturated heterocycles. The molecule has 0 aliphatic carbocycles. The topological polar surface area (TPSA) is 159 Å². The van der Waals surface area contributed by atoms with E-state index in [4.69, 9.17) is 23.3 Å². The summed E-state index contributed by atoms with van der Waals surface area (Å²) >= 11 is 0. The number of piperazine rings is 1. The van der Waals surface area contributed by atoms with Crippen molar-refractivity contribution < 1.29 is 42.2 Å². The maximum Gasteiger partial charge on any atom is 0.409 e. The molecule has 4 rings (SSSR count). The van der Waals surface area contributed by atoms with Gasteiger partial charge in [0.1, 0.15) is 17.8 Å². The van der Waals surface area contributed by atoms with E-state index in [0.717, 1.165) is 12.8 Å². The molecule has 1 N–H and O–H groups in total. The second kappa shape index (κ2) is 18.1. The van der Waals surface area contributed by atoms with Crippen molar-refractivity contribution in [2.24, 2.45) is 0 Å². The highest BCUT2D eigenvalue weighted by Crippen LogP contribution is 2.48. The monoisotopic (exact) mass is 675 g/mol. The maximum atomic E-state index is 13.9. The highest BCUT2D eigenvalue weighted by Gasteiger charge is 2.34. The summed E-state index contributed by atoms with van der Waals surface area (Å²) in [5.41, 5.74) is 0.686. The Bertz CT molecular complexity index is 1360. The van der Waals surface area contributed by atoms with Gasteiger partial charge in [-0.15, -0.1) is 0 Å². The van der Waals surface area contributed by atoms with Crippen molar-refractivity contribution in [2.45, 2.75) is 58.6 Å². The Kier molecular flexibility index (Phi) is 14.0. The highest BCUT2D eigenvalue weighted by atomic mass is 31.2. The zero-order valence-electron chi connectivity index (χ0n) is 27.4. The average Bonchev–Trinajstić information content (AvgIpc) is 3.60. The lowest BCUT2D eigenvalue weighted by Gasteiger charge is -2.36. The molecule has 3 heterocycles. The van der Waals surface area contributed by atoms with Crippen LogP contribution in [0.4, 0.5) is 4.79 Å². The van der Waals surface area contributed by atoms with Gasteiger partial charge >= 0.3 is 13.7 Å². The molecule has 2 aromatic rings. The summed E-state index contributed by atoms with van der Waals surface area (Å²) in [5, 5.41) is 2.82. The molecule has 0 spiro atoms. The summed E-state index contributed by atoms with van der Waals surface area (Å²) < 4.78 is 41.0.